The molecule has 0 radical (unpaired) electrons. The number of hydrogen-bond donors (Lipinski definition) is 1. The molecule has 0 aliphatic heterocycles. The lowest BCUT2D eigenvalue weighted by Gasteiger charge is -2.26. The Hall–Kier alpha value is -1.19. The van der Waals surface area contributed by atoms with Gasteiger partial charge in [-0.3, -0.25) is 0 Å². The molecule has 1 aromatic carbocycles. The van der Waals surface area contributed by atoms with Gasteiger partial charge in [0.25, 0.3) is 0 Å². The summed E-state index contributed by atoms with van der Waals surface area (Å²) >= 11 is 1.51. The Balaban J connectivity index is 1.79. The smallest absolute Gasteiger partial charge is 0.122 e. The molecule has 1 saturated carbocycles. The van der Waals surface area contributed by atoms with Crippen molar-refractivity contribution >= 4 is 11.3 Å². The lowest BCUT2D eigenvalue weighted by atomic mass is 9.80. The molecule has 1 heterocycles. The highest BCUT2D eigenvalue weighted by Gasteiger charge is 2.20. The summed E-state index contributed by atoms with van der Waals surface area (Å²) in [6.45, 7) is 0. The molecule has 1 fully saturated rings. The fourth-order valence-corrected chi connectivity index (χ4v) is 2.79. The minimum Gasteiger partial charge on any atom is -0.382 e. The van der Waals surface area contributed by atoms with Crippen LogP contribution < -0.4 is 0 Å². The van der Waals surface area contributed by atoms with Crippen molar-refractivity contribution in [1.29, 1.82) is 0 Å². The summed E-state index contributed by atoms with van der Waals surface area (Å²) in [7, 11) is 0. The van der Waals surface area contributed by atoms with E-state index < -0.39 is 6.10 Å². The lowest BCUT2D eigenvalue weighted by Crippen LogP contribution is -2.09. The Morgan fingerprint density at radius 3 is 2.53 bits per heavy atom. The van der Waals surface area contributed by atoms with Crippen molar-refractivity contribution in [3.05, 3.63) is 52.0 Å². The monoisotopic (exact) mass is 245 g/mol. The average molecular weight is 245 g/mol. The topological polar surface area (TPSA) is 33.1 Å². The second-order valence-electron chi connectivity index (χ2n) is 4.61. The Morgan fingerprint density at radius 2 is 2.00 bits per heavy atom. The third kappa shape index (κ3) is 2.13. The van der Waals surface area contributed by atoms with Crippen LogP contribution >= 0.6 is 11.3 Å². The van der Waals surface area contributed by atoms with Gasteiger partial charge in [-0.15, -0.1) is 11.3 Å². The van der Waals surface area contributed by atoms with Crippen molar-refractivity contribution in [2.75, 3.05) is 0 Å². The highest BCUT2D eigenvalue weighted by atomic mass is 32.1. The lowest BCUT2D eigenvalue weighted by molar-refractivity contribution is 0.216. The van der Waals surface area contributed by atoms with E-state index >= 15 is 0 Å². The van der Waals surface area contributed by atoms with Gasteiger partial charge >= 0.3 is 0 Å². The minimum absolute atomic E-state index is 0.586. The molecule has 17 heavy (non-hydrogen) atoms. The van der Waals surface area contributed by atoms with E-state index in [0.717, 1.165) is 17.2 Å². The van der Waals surface area contributed by atoms with Crippen LogP contribution in [0.25, 0.3) is 0 Å². The van der Waals surface area contributed by atoms with Crippen molar-refractivity contribution in [2.24, 2.45) is 0 Å². The van der Waals surface area contributed by atoms with Gasteiger partial charge in [0.15, 0.2) is 0 Å². The van der Waals surface area contributed by atoms with Gasteiger partial charge in [-0.25, -0.2) is 4.98 Å². The summed E-state index contributed by atoms with van der Waals surface area (Å²) in [5, 5.41) is 12.0. The first kappa shape index (κ1) is 10.9. The van der Waals surface area contributed by atoms with Crippen LogP contribution in [0.5, 0.6) is 0 Å². The van der Waals surface area contributed by atoms with Crippen LogP contribution in [0.1, 0.15) is 48.1 Å². The van der Waals surface area contributed by atoms with Crippen LogP contribution in [0.2, 0.25) is 0 Å². The zero-order chi connectivity index (χ0) is 11.7. The van der Waals surface area contributed by atoms with Gasteiger partial charge in [-0.2, -0.15) is 0 Å². The molecule has 3 rings (SSSR count). The molecule has 0 saturated heterocycles. The van der Waals surface area contributed by atoms with E-state index in [1.165, 1.54) is 36.2 Å². The molecule has 1 aliphatic rings. The summed E-state index contributed by atoms with van der Waals surface area (Å²) < 4.78 is 0. The van der Waals surface area contributed by atoms with Crippen LogP contribution in [0.3, 0.4) is 0 Å². The van der Waals surface area contributed by atoms with E-state index in [0.29, 0.717) is 0 Å². The Bertz CT molecular complexity index is 473. The van der Waals surface area contributed by atoms with Gasteiger partial charge in [0.2, 0.25) is 0 Å². The number of nitrogens with zero attached hydrogens (tertiary/aromatic N) is 1. The maximum absolute atomic E-state index is 10.1. The summed E-state index contributed by atoms with van der Waals surface area (Å²) in [5.74, 6) is 0.750. The van der Waals surface area contributed by atoms with E-state index in [1.807, 2.05) is 17.5 Å². The molecule has 2 nitrogen and oxygen atoms in total. The molecule has 1 unspecified atom stereocenters. The van der Waals surface area contributed by atoms with Crippen molar-refractivity contribution < 1.29 is 5.11 Å². The molecule has 88 valence electrons. The van der Waals surface area contributed by atoms with Crippen molar-refractivity contribution in [3.63, 3.8) is 0 Å². The van der Waals surface area contributed by atoms with Gasteiger partial charge in [0.05, 0.1) is 11.2 Å². The molecule has 0 spiro atoms. The second-order valence-corrected chi connectivity index (χ2v) is 5.33. The zero-order valence-corrected chi connectivity index (χ0v) is 10.4. The average Bonchev–Trinajstić information content (AvgIpc) is 2.80. The van der Waals surface area contributed by atoms with Gasteiger partial charge in [-0.1, -0.05) is 30.7 Å². The first-order valence-electron chi connectivity index (χ1n) is 6.00. The molecule has 0 amide bonds. The molecular formula is C14H15NOS. The van der Waals surface area contributed by atoms with Crippen LogP contribution in [0.4, 0.5) is 0 Å². The SMILES string of the molecule is OC(c1ccc(C2CCC2)cc1)c1cscn1. The molecule has 1 aliphatic carbocycles. The quantitative estimate of drug-likeness (QED) is 0.898. The van der Waals surface area contributed by atoms with Crippen LogP contribution in [0.15, 0.2) is 35.2 Å². The number of aliphatic hydroxyl groups is 1. The van der Waals surface area contributed by atoms with Crippen LogP contribution in [0, 0.1) is 0 Å². The normalized spacial score (nSPS) is 17.7. The molecule has 2 aromatic rings. The number of thiazole rings is 1. The molecular weight excluding hydrogens is 230 g/mol. The van der Waals surface area contributed by atoms with Gasteiger partial charge in [-0.05, 0) is 29.9 Å². The van der Waals surface area contributed by atoms with E-state index in [2.05, 4.69) is 17.1 Å². The summed E-state index contributed by atoms with van der Waals surface area (Å²) in [6.07, 6.45) is 3.40. The maximum atomic E-state index is 10.1. The van der Waals surface area contributed by atoms with E-state index in [4.69, 9.17) is 0 Å². The summed E-state index contributed by atoms with van der Waals surface area (Å²) in [5.41, 5.74) is 4.83. The summed E-state index contributed by atoms with van der Waals surface area (Å²) in [4.78, 5) is 4.15. The fraction of sp³-hybridized carbons (Fsp3) is 0.357. The number of aliphatic hydroxyl groups excluding tert-OH is 1. The highest BCUT2D eigenvalue weighted by Crippen LogP contribution is 2.36. The largest absolute Gasteiger partial charge is 0.382 e. The van der Waals surface area contributed by atoms with Crippen LogP contribution in [-0.2, 0) is 0 Å². The zero-order valence-electron chi connectivity index (χ0n) is 9.54. The van der Waals surface area contributed by atoms with E-state index in [-0.39, 0.29) is 0 Å². The molecule has 1 aromatic heterocycles. The third-order valence-electron chi connectivity index (χ3n) is 3.56. The first-order chi connectivity index (χ1) is 8.34. The molecule has 0 bridgehead atoms. The van der Waals surface area contributed by atoms with Crippen LogP contribution in [-0.4, -0.2) is 10.1 Å². The number of aromatic nitrogens is 1. The number of rotatable bonds is 3. The predicted octanol–water partition coefficient (Wildman–Crippen LogP) is 3.49. The summed E-state index contributed by atoms with van der Waals surface area (Å²) in [6, 6.07) is 8.35. The van der Waals surface area contributed by atoms with Crippen molar-refractivity contribution in [3.8, 4) is 0 Å². The second kappa shape index (κ2) is 4.59. The van der Waals surface area contributed by atoms with Gasteiger partial charge in [0.1, 0.15) is 6.10 Å². The van der Waals surface area contributed by atoms with E-state index in [1.54, 1.807) is 5.51 Å². The molecule has 3 heteroatoms. The van der Waals surface area contributed by atoms with Crippen molar-refractivity contribution in [2.45, 2.75) is 31.3 Å². The van der Waals surface area contributed by atoms with Gasteiger partial charge < -0.3 is 5.11 Å². The molecule has 1 atom stereocenters. The predicted molar refractivity (Wildman–Crippen MR) is 69.2 cm³/mol. The highest BCUT2D eigenvalue weighted by molar-refractivity contribution is 7.07. The Morgan fingerprint density at radius 1 is 1.24 bits per heavy atom. The Labute approximate surface area is 105 Å². The standard InChI is InChI=1S/C14H15NOS/c16-14(13-8-17-9-15-13)12-6-4-11(5-7-12)10-2-1-3-10/h4-10,14,16H,1-3H2. The number of benzene rings is 1. The fourth-order valence-electron chi connectivity index (χ4n) is 2.22. The van der Waals surface area contributed by atoms with E-state index in [9.17, 15) is 5.11 Å². The Kier molecular flexibility index (Phi) is 2.95. The van der Waals surface area contributed by atoms with Gasteiger partial charge in [0, 0.05) is 5.38 Å². The maximum Gasteiger partial charge on any atom is 0.122 e. The third-order valence-corrected chi connectivity index (χ3v) is 4.17. The first-order valence-corrected chi connectivity index (χ1v) is 6.95. The van der Waals surface area contributed by atoms with Crippen molar-refractivity contribution in [1.82, 2.24) is 4.98 Å². The molecule has 1 N–H and O–H groups in total. The minimum atomic E-state index is -0.586. The number of hydrogen-bond acceptors (Lipinski definition) is 3.